The molecule has 0 N–H and O–H groups in total. The Morgan fingerprint density at radius 2 is 2.14 bits per heavy atom. The molecule has 0 radical (unpaired) electrons. The zero-order chi connectivity index (χ0) is 15.5. The van der Waals surface area contributed by atoms with Crippen molar-refractivity contribution in [2.75, 3.05) is 7.11 Å². The monoisotopic (exact) mass is 315 g/mol. The highest BCUT2D eigenvalue weighted by Gasteiger charge is 2.17. The number of rotatable bonds is 4. The second-order valence-electron chi connectivity index (χ2n) is 4.46. The Labute approximate surface area is 130 Å². The van der Waals surface area contributed by atoms with Gasteiger partial charge in [0.15, 0.2) is 5.65 Å². The lowest BCUT2D eigenvalue weighted by Gasteiger charge is -2.08. The average Bonchev–Trinajstić information content (AvgIpc) is 2.98. The van der Waals surface area contributed by atoms with E-state index in [9.17, 15) is 4.79 Å². The van der Waals surface area contributed by atoms with Crippen LogP contribution in [0.5, 0.6) is 0 Å². The number of fused-ring (bicyclic) bond motifs is 1. The van der Waals surface area contributed by atoms with Gasteiger partial charge >= 0.3 is 5.97 Å². The molecular weight excluding hydrogens is 302 g/mol. The number of thioether (sulfide) groups is 1. The third-order valence-electron chi connectivity index (χ3n) is 2.96. The number of carbonyl (C=O) groups is 1. The number of esters is 1. The van der Waals surface area contributed by atoms with E-state index in [0.717, 1.165) is 0 Å². The van der Waals surface area contributed by atoms with Crippen molar-refractivity contribution in [3.05, 3.63) is 36.5 Å². The molecular formula is C14H13N5O2S. The molecule has 0 aliphatic carbocycles. The van der Waals surface area contributed by atoms with Crippen LogP contribution in [0.25, 0.3) is 17.2 Å². The summed E-state index contributed by atoms with van der Waals surface area (Å²) in [6, 6.07) is 9.16. The van der Waals surface area contributed by atoms with Crippen molar-refractivity contribution >= 4 is 23.4 Å². The van der Waals surface area contributed by atoms with Gasteiger partial charge in [-0.1, -0.05) is 17.8 Å². The molecule has 0 spiro atoms. The molecule has 3 heterocycles. The predicted molar refractivity (Wildman–Crippen MR) is 81.3 cm³/mol. The van der Waals surface area contributed by atoms with Gasteiger partial charge in [0.05, 0.1) is 7.11 Å². The largest absolute Gasteiger partial charge is 0.468 e. The molecule has 3 rings (SSSR count). The number of aromatic nitrogens is 5. The lowest BCUT2D eigenvalue weighted by molar-refractivity contribution is -0.139. The third-order valence-corrected chi connectivity index (χ3v) is 3.97. The minimum Gasteiger partial charge on any atom is -0.468 e. The molecule has 0 aliphatic heterocycles. The highest BCUT2D eigenvalue weighted by atomic mass is 32.2. The maximum atomic E-state index is 11.5. The molecule has 3 aromatic heterocycles. The summed E-state index contributed by atoms with van der Waals surface area (Å²) in [4.78, 5) is 15.8. The van der Waals surface area contributed by atoms with Crippen LogP contribution in [-0.4, -0.2) is 43.1 Å². The Morgan fingerprint density at radius 1 is 1.27 bits per heavy atom. The van der Waals surface area contributed by atoms with Crippen molar-refractivity contribution in [3.63, 3.8) is 0 Å². The zero-order valence-electron chi connectivity index (χ0n) is 12.0. The number of hydrogen-bond donors (Lipinski definition) is 0. The van der Waals surface area contributed by atoms with Gasteiger partial charge < -0.3 is 4.74 Å². The van der Waals surface area contributed by atoms with E-state index in [4.69, 9.17) is 4.74 Å². The van der Waals surface area contributed by atoms with Crippen molar-refractivity contribution in [1.29, 1.82) is 0 Å². The molecule has 0 fully saturated rings. The van der Waals surface area contributed by atoms with Gasteiger partial charge in [0.2, 0.25) is 5.82 Å². The number of hydrogen-bond acceptors (Lipinski definition) is 7. The maximum absolute atomic E-state index is 11.5. The first-order chi connectivity index (χ1) is 10.7. The van der Waals surface area contributed by atoms with Crippen LogP contribution in [0, 0.1) is 0 Å². The molecule has 0 saturated heterocycles. The van der Waals surface area contributed by atoms with Crippen LogP contribution in [-0.2, 0) is 9.53 Å². The highest BCUT2D eigenvalue weighted by Crippen LogP contribution is 2.23. The van der Waals surface area contributed by atoms with Gasteiger partial charge in [-0.05, 0) is 31.2 Å². The Balaban J connectivity index is 1.97. The fourth-order valence-electron chi connectivity index (χ4n) is 1.88. The molecule has 0 amide bonds. The fraction of sp³-hybridized carbons (Fsp3) is 0.214. The van der Waals surface area contributed by atoms with Crippen molar-refractivity contribution in [1.82, 2.24) is 24.8 Å². The fourth-order valence-corrected chi connectivity index (χ4v) is 2.71. The maximum Gasteiger partial charge on any atom is 0.318 e. The van der Waals surface area contributed by atoms with Gasteiger partial charge in [-0.3, -0.25) is 9.78 Å². The summed E-state index contributed by atoms with van der Waals surface area (Å²) in [6.45, 7) is 1.77. The average molecular weight is 315 g/mol. The first kappa shape index (κ1) is 14.5. The lowest BCUT2D eigenvalue weighted by Crippen LogP contribution is -2.15. The van der Waals surface area contributed by atoms with E-state index < -0.39 is 0 Å². The van der Waals surface area contributed by atoms with E-state index in [2.05, 4.69) is 20.3 Å². The molecule has 22 heavy (non-hydrogen) atoms. The molecule has 0 bridgehead atoms. The molecule has 3 aromatic rings. The molecule has 1 atom stereocenters. The van der Waals surface area contributed by atoms with E-state index in [1.54, 1.807) is 29.8 Å². The SMILES string of the molecule is COC(=O)C(C)Sc1ccc2nnc(-c3ccccn3)n2n1. The van der Waals surface area contributed by atoms with Crippen molar-refractivity contribution in [2.24, 2.45) is 0 Å². The van der Waals surface area contributed by atoms with E-state index in [1.165, 1.54) is 18.9 Å². The Bertz CT molecular complexity index is 805. The van der Waals surface area contributed by atoms with Gasteiger partial charge in [-0.2, -0.15) is 9.61 Å². The summed E-state index contributed by atoms with van der Waals surface area (Å²) in [6.07, 6.45) is 1.69. The molecule has 112 valence electrons. The Morgan fingerprint density at radius 3 is 2.86 bits per heavy atom. The summed E-state index contributed by atoms with van der Waals surface area (Å²) >= 11 is 1.32. The lowest BCUT2D eigenvalue weighted by atomic mass is 10.3. The number of ether oxygens (including phenoxy) is 1. The number of carbonyl (C=O) groups excluding carboxylic acids is 1. The minimum atomic E-state index is -0.343. The first-order valence-electron chi connectivity index (χ1n) is 6.57. The number of pyridine rings is 1. The van der Waals surface area contributed by atoms with Gasteiger partial charge in [0, 0.05) is 6.20 Å². The van der Waals surface area contributed by atoms with Crippen LogP contribution in [0.4, 0.5) is 0 Å². The predicted octanol–water partition coefficient (Wildman–Crippen LogP) is 1.84. The van der Waals surface area contributed by atoms with Crippen molar-refractivity contribution in [3.8, 4) is 11.5 Å². The number of nitrogens with zero attached hydrogens (tertiary/aromatic N) is 5. The normalized spacial score (nSPS) is 12.3. The van der Waals surface area contributed by atoms with E-state index in [0.29, 0.717) is 22.2 Å². The molecule has 1 unspecified atom stereocenters. The quantitative estimate of drug-likeness (QED) is 0.536. The third kappa shape index (κ3) is 2.77. The second kappa shape index (κ2) is 6.10. The Kier molecular flexibility index (Phi) is 4.01. The summed E-state index contributed by atoms with van der Waals surface area (Å²) in [5.41, 5.74) is 1.31. The first-order valence-corrected chi connectivity index (χ1v) is 7.45. The molecule has 0 aliphatic rings. The zero-order valence-corrected chi connectivity index (χ0v) is 12.8. The van der Waals surface area contributed by atoms with Gasteiger partial charge in [0.1, 0.15) is 16.0 Å². The smallest absolute Gasteiger partial charge is 0.318 e. The molecule has 7 nitrogen and oxygen atoms in total. The van der Waals surface area contributed by atoms with Gasteiger partial charge in [-0.25, -0.2) is 0 Å². The summed E-state index contributed by atoms with van der Waals surface area (Å²) in [5, 5.41) is 13.0. The van der Waals surface area contributed by atoms with Crippen molar-refractivity contribution < 1.29 is 9.53 Å². The van der Waals surface area contributed by atoms with E-state index >= 15 is 0 Å². The van der Waals surface area contributed by atoms with Gasteiger partial charge in [-0.15, -0.1) is 10.2 Å². The Hall–Kier alpha value is -2.48. The van der Waals surface area contributed by atoms with Crippen LogP contribution in [0.1, 0.15) is 6.92 Å². The number of methoxy groups -OCH3 is 1. The van der Waals surface area contributed by atoms with Crippen molar-refractivity contribution in [2.45, 2.75) is 17.2 Å². The standard InChI is InChI=1S/C14H13N5O2S/c1-9(14(20)21-2)22-12-7-6-11-16-17-13(19(11)18-12)10-5-3-4-8-15-10/h3-9H,1-2H3. The van der Waals surface area contributed by atoms with Crippen LogP contribution in [0.3, 0.4) is 0 Å². The summed E-state index contributed by atoms with van der Waals surface area (Å²) in [5.74, 6) is 0.268. The van der Waals surface area contributed by atoms with Gasteiger partial charge in [0.25, 0.3) is 0 Å². The molecule has 8 heteroatoms. The van der Waals surface area contributed by atoms with Crippen LogP contribution in [0.2, 0.25) is 0 Å². The summed E-state index contributed by atoms with van der Waals surface area (Å²) < 4.78 is 6.34. The van der Waals surface area contributed by atoms with Crippen LogP contribution in [0.15, 0.2) is 41.6 Å². The van der Waals surface area contributed by atoms with Crippen LogP contribution >= 0.6 is 11.8 Å². The van der Waals surface area contributed by atoms with E-state index in [-0.39, 0.29) is 11.2 Å². The highest BCUT2D eigenvalue weighted by molar-refractivity contribution is 8.00. The summed E-state index contributed by atoms with van der Waals surface area (Å²) in [7, 11) is 1.37. The molecule has 0 aromatic carbocycles. The van der Waals surface area contributed by atoms with E-state index in [1.807, 2.05) is 18.2 Å². The molecule has 0 saturated carbocycles. The minimum absolute atomic E-state index is 0.291. The van der Waals surface area contributed by atoms with Crippen LogP contribution < -0.4 is 0 Å². The topological polar surface area (TPSA) is 82.3 Å². The second-order valence-corrected chi connectivity index (χ2v) is 5.82.